The van der Waals surface area contributed by atoms with Gasteiger partial charge in [-0.1, -0.05) is 110 Å². The smallest absolute Gasteiger partial charge is 0.320 e. The summed E-state index contributed by atoms with van der Waals surface area (Å²) in [5.74, 6) is -2.69. The van der Waals surface area contributed by atoms with Crippen molar-refractivity contribution in [1.29, 1.82) is 0 Å². The van der Waals surface area contributed by atoms with E-state index in [0.717, 1.165) is 19.3 Å². The number of hydrogen-bond donors (Lipinski definition) is 1. The van der Waals surface area contributed by atoms with E-state index in [9.17, 15) is 9.59 Å². The fourth-order valence-corrected chi connectivity index (χ4v) is 3.38. The number of esters is 1. The molecule has 154 valence electrons. The number of methoxy groups -OCH3 is 1. The first-order valence-electron chi connectivity index (χ1n) is 10.9. The second-order valence-electron chi connectivity index (χ2n) is 7.51. The van der Waals surface area contributed by atoms with Crippen molar-refractivity contribution >= 4 is 11.9 Å². The lowest BCUT2D eigenvalue weighted by molar-refractivity contribution is -0.157. The van der Waals surface area contributed by atoms with E-state index in [1.807, 2.05) is 0 Å². The van der Waals surface area contributed by atoms with E-state index in [0.29, 0.717) is 6.42 Å². The summed E-state index contributed by atoms with van der Waals surface area (Å²) in [4.78, 5) is 22.3. The van der Waals surface area contributed by atoms with E-state index < -0.39 is 17.9 Å². The Morgan fingerprint density at radius 2 is 1.04 bits per heavy atom. The molecule has 4 heteroatoms. The van der Waals surface area contributed by atoms with E-state index in [4.69, 9.17) is 5.11 Å². The first-order chi connectivity index (χ1) is 12.6. The highest BCUT2D eigenvalue weighted by Gasteiger charge is 2.26. The van der Waals surface area contributed by atoms with Gasteiger partial charge in [-0.3, -0.25) is 9.59 Å². The minimum atomic E-state index is -1.07. The molecule has 1 atom stereocenters. The minimum absolute atomic E-state index is 0.389. The highest BCUT2D eigenvalue weighted by Crippen LogP contribution is 2.16. The molecule has 0 saturated carbocycles. The Kier molecular flexibility index (Phi) is 18.0. The molecular formula is C22H42O4. The highest BCUT2D eigenvalue weighted by atomic mass is 16.5. The van der Waals surface area contributed by atoms with E-state index >= 15 is 0 Å². The number of ether oxygens (including phenoxy) is 1. The SMILES string of the molecule is CCCCCCCCCCCCCCCCCCC(C(=O)O)C(=O)OC. The van der Waals surface area contributed by atoms with Crippen LogP contribution in [0.4, 0.5) is 0 Å². The molecule has 0 aromatic heterocycles. The van der Waals surface area contributed by atoms with E-state index in [2.05, 4.69) is 11.7 Å². The normalized spacial score (nSPS) is 12.1. The van der Waals surface area contributed by atoms with Crippen molar-refractivity contribution < 1.29 is 19.4 Å². The van der Waals surface area contributed by atoms with Crippen LogP contribution in [0.2, 0.25) is 0 Å². The van der Waals surface area contributed by atoms with E-state index in [1.54, 1.807) is 0 Å². The van der Waals surface area contributed by atoms with Crippen molar-refractivity contribution in [2.45, 2.75) is 116 Å². The first kappa shape index (κ1) is 24.9. The van der Waals surface area contributed by atoms with E-state index in [-0.39, 0.29) is 0 Å². The van der Waals surface area contributed by atoms with Gasteiger partial charge in [0.1, 0.15) is 0 Å². The number of aliphatic carboxylic acids is 1. The lowest BCUT2D eigenvalue weighted by Gasteiger charge is -2.09. The van der Waals surface area contributed by atoms with Crippen molar-refractivity contribution in [2.75, 3.05) is 7.11 Å². The van der Waals surface area contributed by atoms with E-state index in [1.165, 1.54) is 90.6 Å². The molecule has 4 nitrogen and oxygen atoms in total. The maximum atomic E-state index is 11.3. The van der Waals surface area contributed by atoms with Gasteiger partial charge in [-0.2, -0.15) is 0 Å². The van der Waals surface area contributed by atoms with Gasteiger partial charge in [-0.25, -0.2) is 0 Å². The number of rotatable bonds is 19. The van der Waals surface area contributed by atoms with Gasteiger partial charge < -0.3 is 9.84 Å². The van der Waals surface area contributed by atoms with Crippen molar-refractivity contribution in [2.24, 2.45) is 5.92 Å². The van der Waals surface area contributed by atoms with Crippen LogP contribution >= 0.6 is 0 Å². The van der Waals surface area contributed by atoms with Crippen LogP contribution in [0.25, 0.3) is 0 Å². The number of hydrogen-bond acceptors (Lipinski definition) is 3. The summed E-state index contributed by atoms with van der Waals surface area (Å²) in [6, 6.07) is 0. The Morgan fingerprint density at radius 1 is 0.692 bits per heavy atom. The van der Waals surface area contributed by atoms with Gasteiger partial charge in [-0.05, 0) is 6.42 Å². The maximum Gasteiger partial charge on any atom is 0.320 e. The molecule has 1 N–H and O–H groups in total. The van der Waals surface area contributed by atoms with Crippen LogP contribution in [0.1, 0.15) is 116 Å². The second-order valence-corrected chi connectivity index (χ2v) is 7.51. The van der Waals surface area contributed by atoms with Crippen molar-refractivity contribution in [1.82, 2.24) is 0 Å². The molecule has 0 saturated heterocycles. The predicted molar refractivity (Wildman–Crippen MR) is 107 cm³/mol. The monoisotopic (exact) mass is 370 g/mol. The fourth-order valence-electron chi connectivity index (χ4n) is 3.38. The Morgan fingerprint density at radius 3 is 1.35 bits per heavy atom. The molecule has 0 aromatic rings. The predicted octanol–water partition coefficient (Wildman–Crippen LogP) is 6.51. The lowest BCUT2D eigenvalue weighted by atomic mass is 10.00. The third-order valence-electron chi connectivity index (χ3n) is 5.13. The third kappa shape index (κ3) is 15.2. The lowest BCUT2D eigenvalue weighted by Crippen LogP contribution is -2.24. The molecule has 0 aromatic carbocycles. The summed E-state index contributed by atoms with van der Waals surface area (Å²) in [6.45, 7) is 2.26. The summed E-state index contributed by atoms with van der Waals surface area (Å²) < 4.78 is 4.53. The largest absolute Gasteiger partial charge is 0.481 e. The van der Waals surface area contributed by atoms with Crippen LogP contribution < -0.4 is 0 Å². The average Bonchev–Trinajstić information content (AvgIpc) is 2.63. The molecule has 0 aliphatic rings. The van der Waals surface area contributed by atoms with Crippen molar-refractivity contribution in [3.05, 3.63) is 0 Å². The van der Waals surface area contributed by atoms with Crippen molar-refractivity contribution in [3.63, 3.8) is 0 Å². The summed E-state index contributed by atoms with van der Waals surface area (Å²) in [6.07, 6.45) is 21.0. The Balaban J connectivity index is 3.29. The molecule has 0 rings (SSSR count). The quantitative estimate of drug-likeness (QED) is 0.160. The van der Waals surface area contributed by atoms with Gasteiger partial charge in [0.15, 0.2) is 5.92 Å². The standard InChI is InChI=1S/C22H42O4/c1-3-4-5-6-7-8-9-10-11-12-13-14-15-16-17-18-19-20(21(23)24)22(25)26-2/h20H,3-19H2,1-2H3,(H,23,24). The van der Waals surface area contributed by atoms with Gasteiger partial charge in [-0.15, -0.1) is 0 Å². The first-order valence-corrected chi connectivity index (χ1v) is 10.9. The zero-order valence-electron chi connectivity index (χ0n) is 17.3. The molecule has 0 heterocycles. The molecular weight excluding hydrogens is 328 g/mol. The molecule has 26 heavy (non-hydrogen) atoms. The Labute approximate surface area is 161 Å². The summed E-state index contributed by atoms with van der Waals surface area (Å²) in [7, 11) is 1.24. The molecule has 0 fully saturated rings. The minimum Gasteiger partial charge on any atom is -0.481 e. The summed E-state index contributed by atoms with van der Waals surface area (Å²) >= 11 is 0. The summed E-state index contributed by atoms with van der Waals surface area (Å²) in [5.41, 5.74) is 0. The molecule has 0 spiro atoms. The number of unbranched alkanes of at least 4 members (excludes halogenated alkanes) is 15. The molecule has 0 radical (unpaired) electrons. The average molecular weight is 371 g/mol. The second kappa shape index (κ2) is 18.7. The summed E-state index contributed by atoms with van der Waals surface area (Å²) in [5, 5.41) is 9.00. The van der Waals surface area contributed by atoms with Gasteiger partial charge in [0.25, 0.3) is 0 Å². The molecule has 0 aliphatic heterocycles. The number of carbonyl (C=O) groups excluding carboxylic acids is 1. The number of carboxylic acids is 1. The molecule has 1 unspecified atom stereocenters. The number of carboxylic acid groups (broad SMARTS) is 1. The fraction of sp³-hybridized carbons (Fsp3) is 0.909. The van der Waals surface area contributed by atoms with Gasteiger partial charge in [0.2, 0.25) is 0 Å². The zero-order chi connectivity index (χ0) is 19.5. The van der Waals surface area contributed by atoms with Gasteiger partial charge in [0, 0.05) is 0 Å². The zero-order valence-corrected chi connectivity index (χ0v) is 17.3. The van der Waals surface area contributed by atoms with Crippen LogP contribution in [-0.4, -0.2) is 24.2 Å². The molecule has 0 amide bonds. The third-order valence-corrected chi connectivity index (χ3v) is 5.13. The van der Waals surface area contributed by atoms with Crippen LogP contribution in [0.5, 0.6) is 0 Å². The molecule has 0 aliphatic carbocycles. The van der Waals surface area contributed by atoms with Crippen LogP contribution in [0.3, 0.4) is 0 Å². The van der Waals surface area contributed by atoms with Crippen LogP contribution in [0.15, 0.2) is 0 Å². The molecule has 0 bridgehead atoms. The number of carbonyl (C=O) groups is 2. The van der Waals surface area contributed by atoms with Crippen LogP contribution in [0, 0.1) is 5.92 Å². The maximum absolute atomic E-state index is 11.3. The highest BCUT2D eigenvalue weighted by molar-refractivity contribution is 5.93. The van der Waals surface area contributed by atoms with Gasteiger partial charge >= 0.3 is 11.9 Å². The Bertz CT molecular complexity index is 341. The van der Waals surface area contributed by atoms with Crippen molar-refractivity contribution in [3.8, 4) is 0 Å². The van der Waals surface area contributed by atoms with Gasteiger partial charge in [0.05, 0.1) is 7.11 Å². The topological polar surface area (TPSA) is 63.6 Å². The Hall–Kier alpha value is -1.06. The van der Waals surface area contributed by atoms with Crippen LogP contribution in [-0.2, 0) is 14.3 Å².